The first-order valence-corrected chi connectivity index (χ1v) is 9.88. The van der Waals surface area contributed by atoms with Gasteiger partial charge in [-0.05, 0) is 50.1 Å². The highest BCUT2D eigenvalue weighted by atomic mass is 16.5. The summed E-state index contributed by atoms with van der Waals surface area (Å²) >= 11 is 0. The van der Waals surface area contributed by atoms with Gasteiger partial charge >= 0.3 is 6.03 Å². The van der Waals surface area contributed by atoms with Crippen molar-refractivity contribution < 1.29 is 14.3 Å². The Kier molecular flexibility index (Phi) is 5.56. The van der Waals surface area contributed by atoms with Crippen LogP contribution in [0.4, 0.5) is 10.5 Å². The lowest BCUT2D eigenvalue weighted by atomic mass is 10.0. The summed E-state index contributed by atoms with van der Waals surface area (Å²) in [6.45, 7) is 2.53. The van der Waals surface area contributed by atoms with Gasteiger partial charge in [0.25, 0.3) is 0 Å². The normalized spacial score (nSPS) is 15.8. The number of benzene rings is 2. The first-order valence-electron chi connectivity index (χ1n) is 9.88. The molecule has 1 saturated heterocycles. The monoisotopic (exact) mass is 407 g/mol. The van der Waals surface area contributed by atoms with E-state index in [1.54, 1.807) is 14.2 Å². The number of carbonyl (C=O) groups is 1. The minimum absolute atomic E-state index is 0.0751. The summed E-state index contributed by atoms with van der Waals surface area (Å²) in [5.74, 6) is 2.84. The van der Waals surface area contributed by atoms with E-state index in [2.05, 4.69) is 20.5 Å². The van der Waals surface area contributed by atoms with Crippen molar-refractivity contribution in [3.8, 4) is 22.9 Å². The van der Waals surface area contributed by atoms with E-state index in [9.17, 15) is 4.79 Å². The number of ether oxygens (including phenoxy) is 2. The fraction of sp³-hybridized carbons (Fsp3) is 0.318. The van der Waals surface area contributed by atoms with Crippen LogP contribution in [0.1, 0.15) is 30.3 Å². The van der Waals surface area contributed by atoms with Gasteiger partial charge in [-0.1, -0.05) is 12.1 Å². The highest BCUT2D eigenvalue weighted by Crippen LogP contribution is 2.39. The number of nitrogens with one attached hydrogen (secondary N) is 2. The Balaban J connectivity index is 1.55. The molecule has 0 spiro atoms. The zero-order chi connectivity index (χ0) is 21.1. The number of hydrogen-bond acceptors (Lipinski definition) is 5. The van der Waals surface area contributed by atoms with Crippen LogP contribution in [0.15, 0.2) is 42.5 Å². The molecule has 1 aliphatic heterocycles. The average molecular weight is 407 g/mol. The van der Waals surface area contributed by atoms with E-state index in [0.29, 0.717) is 18.1 Å². The van der Waals surface area contributed by atoms with Gasteiger partial charge in [-0.3, -0.25) is 5.10 Å². The van der Waals surface area contributed by atoms with Gasteiger partial charge in [0, 0.05) is 23.4 Å². The molecule has 2 heterocycles. The fourth-order valence-corrected chi connectivity index (χ4v) is 3.84. The van der Waals surface area contributed by atoms with Gasteiger partial charge in [-0.15, -0.1) is 0 Å². The third kappa shape index (κ3) is 3.94. The van der Waals surface area contributed by atoms with E-state index < -0.39 is 0 Å². The maximum Gasteiger partial charge on any atom is 0.322 e. The van der Waals surface area contributed by atoms with E-state index in [1.807, 2.05) is 54.3 Å². The molecule has 30 heavy (non-hydrogen) atoms. The molecule has 1 aliphatic rings. The van der Waals surface area contributed by atoms with Gasteiger partial charge < -0.3 is 19.7 Å². The van der Waals surface area contributed by atoms with E-state index in [4.69, 9.17) is 9.47 Å². The molecular formula is C22H25N5O3. The molecule has 4 rings (SSSR count). The first kappa shape index (κ1) is 19.8. The number of aromatic amines is 1. The molecule has 1 aromatic heterocycles. The molecule has 1 atom stereocenters. The predicted molar refractivity (Wildman–Crippen MR) is 114 cm³/mol. The van der Waals surface area contributed by atoms with Crippen LogP contribution in [-0.2, 0) is 0 Å². The number of methoxy groups -OCH3 is 2. The number of H-pyrrole nitrogens is 1. The topological polar surface area (TPSA) is 92.4 Å². The number of aromatic nitrogens is 3. The molecular weight excluding hydrogens is 382 g/mol. The van der Waals surface area contributed by atoms with Crippen LogP contribution in [0.25, 0.3) is 11.4 Å². The van der Waals surface area contributed by atoms with E-state index >= 15 is 0 Å². The third-order valence-electron chi connectivity index (χ3n) is 5.28. The molecule has 156 valence electrons. The molecule has 2 amide bonds. The zero-order valence-electron chi connectivity index (χ0n) is 17.3. The minimum atomic E-state index is -0.148. The molecule has 8 nitrogen and oxygen atoms in total. The van der Waals surface area contributed by atoms with Crippen molar-refractivity contribution in [3.63, 3.8) is 0 Å². The highest BCUT2D eigenvalue weighted by molar-refractivity contribution is 5.90. The Morgan fingerprint density at radius 1 is 1.20 bits per heavy atom. The second-order valence-corrected chi connectivity index (χ2v) is 7.21. The second-order valence-electron chi connectivity index (χ2n) is 7.21. The standard InChI is InChI=1S/C22H25N5O3/c1-14-23-21(26-25-14)15-6-4-7-16(12-15)24-22(28)27-11-5-8-19(27)18-13-17(29-2)9-10-20(18)30-3/h4,6-7,9-10,12-13,19H,5,8,11H2,1-3H3,(H,24,28)(H,23,25,26). The van der Waals surface area contributed by atoms with Crippen molar-refractivity contribution in [1.82, 2.24) is 20.1 Å². The van der Waals surface area contributed by atoms with Crippen LogP contribution in [0.3, 0.4) is 0 Å². The van der Waals surface area contributed by atoms with Crippen molar-refractivity contribution in [2.45, 2.75) is 25.8 Å². The average Bonchev–Trinajstić information content (AvgIpc) is 3.42. The molecule has 0 bridgehead atoms. The van der Waals surface area contributed by atoms with Gasteiger partial charge in [0.05, 0.1) is 20.3 Å². The maximum atomic E-state index is 13.1. The lowest BCUT2D eigenvalue weighted by molar-refractivity contribution is 0.206. The molecule has 2 N–H and O–H groups in total. The molecule has 1 fully saturated rings. The number of likely N-dealkylation sites (tertiary alicyclic amines) is 1. The number of urea groups is 1. The second kappa shape index (κ2) is 8.44. The Labute approximate surface area is 175 Å². The maximum absolute atomic E-state index is 13.1. The summed E-state index contributed by atoms with van der Waals surface area (Å²) in [4.78, 5) is 19.3. The number of aryl methyl sites for hydroxylation is 1. The number of rotatable bonds is 5. The number of hydrogen-bond donors (Lipinski definition) is 2. The summed E-state index contributed by atoms with van der Waals surface area (Å²) < 4.78 is 10.9. The zero-order valence-corrected chi connectivity index (χ0v) is 17.3. The summed E-state index contributed by atoms with van der Waals surface area (Å²) in [5.41, 5.74) is 2.49. The summed E-state index contributed by atoms with van der Waals surface area (Å²) in [7, 11) is 3.27. The van der Waals surface area contributed by atoms with Crippen LogP contribution in [-0.4, -0.2) is 46.9 Å². The van der Waals surface area contributed by atoms with Gasteiger partial charge in [-0.2, -0.15) is 5.10 Å². The van der Waals surface area contributed by atoms with Crippen LogP contribution in [0, 0.1) is 6.92 Å². The van der Waals surface area contributed by atoms with E-state index in [1.165, 1.54) is 0 Å². The Morgan fingerprint density at radius 3 is 2.80 bits per heavy atom. The highest BCUT2D eigenvalue weighted by Gasteiger charge is 2.32. The Morgan fingerprint density at radius 2 is 2.07 bits per heavy atom. The predicted octanol–water partition coefficient (Wildman–Crippen LogP) is 4.17. The first-order chi connectivity index (χ1) is 14.6. The minimum Gasteiger partial charge on any atom is -0.497 e. The molecule has 2 aromatic carbocycles. The van der Waals surface area contributed by atoms with Crippen molar-refractivity contribution in [2.75, 3.05) is 26.1 Å². The van der Waals surface area contributed by atoms with Crippen LogP contribution in [0.5, 0.6) is 11.5 Å². The summed E-state index contributed by atoms with van der Waals surface area (Å²) in [6.07, 6.45) is 1.79. The Bertz CT molecular complexity index is 1050. The number of carbonyl (C=O) groups excluding carboxylic acids is 1. The largest absolute Gasteiger partial charge is 0.497 e. The number of anilines is 1. The fourth-order valence-electron chi connectivity index (χ4n) is 3.84. The van der Waals surface area contributed by atoms with Crippen molar-refractivity contribution in [3.05, 3.63) is 53.9 Å². The number of amides is 2. The quantitative estimate of drug-likeness (QED) is 0.662. The van der Waals surface area contributed by atoms with Crippen molar-refractivity contribution in [2.24, 2.45) is 0 Å². The van der Waals surface area contributed by atoms with Crippen molar-refractivity contribution in [1.29, 1.82) is 0 Å². The molecule has 1 unspecified atom stereocenters. The van der Waals surface area contributed by atoms with Crippen molar-refractivity contribution >= 4 is 11.7 Å². The number of nitrogens with zero attached hydrogens (tertiary/aromatic N) is 3. The molecule has 3 aromatic rings. The molecule has 0 aliphatic carbocycles. The Hall–Kier alpha value is -3.55. The third-order valence-corrected chi connectivity index (χ3v) is 5.28. The lowest BCUT2D eigenvalue weighted by Gasteiger charge is -2.27. The van der Waals surface area contributed by atoms with E-state index in [-0.39, 0.29) is 12.1 Å². The molecule has 0 radical (unpaired) electrons. The summed E-state index contributed by atoms with van der Waals surface area (Å²) in [6, 6.07) is 13.0. The summed E-state index contributed by atoms with van der Waals surface area (Å²) in [5, 5.41) is 10.0. The van der Waals surface area contributed by atoms with Crippen LogP contribution < -0.4 is 14.8 Å². The van der Waals surface area contributed by atoms with Crippen LogP contribution >= 0.6 is 0 Å². The molecule has 0 saturated carbocycles. The van der Waals surface area contributed by atoms with Gasteiger partial charge in [-0.25, -0.2) is 9.78 Å². The van der Waals surface area contributed by atoms with Crippen LogP contribution in [0.2, 0.25) is 0 Å². The van der Waals surface area contributed by atoms with Gasteiger partial charge in [0.15, 0.2) is 5.82 Å². The molecule has 8 heteroatoms. The van der Waals surface area contributed by atoms with E-state index in [0.717, 1.165) is 41.3 Å². The smallest absolute Gasteiger partial charge is 0.322 e. The SMILES string of the molecule is COc1ccc(OC)c(C2CCCN2C(=O)Nc2cccc(-c3n[nH]c(C)n3)c2)c1. The van der Waals surface area contributed by atoms with Gasteiger partial charge in [0.2, 0.25) is 0 Å². The van der Waals surface area contributed by atoms with Gasteiger partial charge in [0.1, 0.15) is 17.3 Å². The lowest BCUT2D eigenvalue weighted by Crippen LogP contribution is -2.34.